The molecule has 3 heteroatoms. The molecule has 0 bridgehead atoms. The lowest BCUT2D eigenvalue weighted by Crippen LogP contribution is -2.49. The molecule has 2 rings (SSSR count). The standard InChI is InChI=1S/C14H22N2O/c1-4-12-5-6-13(9-14(12)17-3)16-8-7-15-11(2)10-16/h5-6,9,11,15H,4,7-8,10H2,1-3H3. The smallest absolute Gasteiger partial charge is 0.124 e. The summed E-state index contributed by atoms with van der Waals surface area (Å²) >= 11 is 0. The molecule has 17 heavy (non-hydrogen) atoms. The van der Waals surface area contributed by atoms with Crippen LogP contribution in [0.3, 0.4) is 0 Å². The third-order valence-electron chi connectivity index (χ3n) is 3.39. The summed E-state index contributed by atoms with van der Waals surface area (Å²) in [4.78, 5) is 2.42. The number of rotatable bonds is 3. The van der Waals surface area contributed by atoms with Crippen LogP contribution in [-0.4, -0.2) is 32.8 Å². The second-order valence-corrected chi connectivity index (χ2v) is 4.65. The third kappa shape index (κ3) is 2.72. The van der Waals surface area contributed by atoms with E-state index in [-0.39, 0.29) is 0 Å². The molecule has 1 N–H and O–H groups in total. The Kier molecular flexibility index (Phi) is 3.89. The van der Waals surface area contributed by atoms with Gasteiger partial charge >= 0.3 is 0 Å². The summed E-state index contributed by atoms with van der Waals surface area (Å²) in [6.07, 6.45) is 1.02. The number of nitrogens with one attached hydrogen (secondary N) is 1. The highest BCUT2D eigenvalue weighted by Crippen LogP contribution is 2.26. The lowest BCUT2D eigenvalue weighted by molar-refractivity contribution is 0.409. The second-order valence-electron chi connectivity index (χ2n) is 4.65. The number of methoxy groups -OCH3 is 1. The minimum absolute atomic E-state index is 0.556. The molecule has 0 aromatic heterocycles. The van der Waals surface area contributed by atoms with Crippen LogP contribution in [0.5, 0.6) is 5.75 Å². The second kappa shape index (κ2) is 5.41. The average molecular weight is 234 g/mol. The molecule has 1 aromatic rings. The first-order valence-electron chi connectivity index (χ1n) is 6.39. The Balaban J connectivity index is 2.20. The third-order valence-corrected chi connectivity index (χ3v) is 3.39. The van der Waals surface area contributed by atoms with Gasteiger partial charge in [-0.3, -0.25) is 0 Å². The zero-order valence-corrected chi connectivity index (χ0v) is 11.0. The SMILES string of the molecule is CCc1ccc(N2CCNC(C)C2)cc1OC. The minimum Gasteiger partial charge on any atom is -0.496 e. The molecular formula is C14H22N2O. The first-order valence-corrected chi connectivity index (χ1v) is 6.39. The van der Waals surface area contributed by atoms with Crippen LogP contribution in [0, 0.1) is 0 Å². The van der Waals surface area contributed by atoms with E-state index < -0.39 is 0 Å². The lowest BCUT2D eigenvalue weighted by Gasteiger charge is -2.34. The number of aryl methyl sites for hydroxylation is 1. The Labute approximate surface area is 104 Å². The number of ether oxygens (including phenoxy) is 1. The van der Waals surface area contributed by atoms with Crippen molar-refractivity contribution in [2.24, 2.45) is 0 Å². The van der Waals surface area contributed by atoms with Gasteiger partial charge < -0.3 is 15.0 Å². The van der Waals surface area contributed by atoms with Gasteiger partial charge in [0.2, 0.25) is 0 Å². The van der Waals surface area contributed by atoms with Crippen molar-refractivity contribution < 1.29 is 4.74 Å². The van der Waals surface area contributed by atoms with Crippen molar-refractivity contribution in [3.05, 3.63) is 23.8 Å². The summed E-state index contributed by atoms with van der Waals surface area (Å²) in [6, 6.07) is 7.11. The molecule has 3 nitrogen and oxygen atoms in total. The van der Waals surface area contributed by atoms with Crippen LogP contribution >= 0.6 is 0 Å². The largest absolute Gasteiger partial charge is 0.496 e. The maximum atomic E-state index is 5.45. The van der Waals surface area contributed by atoms with Gasteiger partial charge in [0.05, 0.1) is 7.11 Å². The van der Waals surface area contributed by atoms with Gasteiger partial charge in [-0.15, -0.1) is 0 Å². The Morgan fingerprint density at radius 1 is 1.47 bits per heavy atom. The highest BCUT2D eigenvalue weighted by Gasteiger charge is 2.16. The number of hydrogen-bond acceptors (Lipinski definition) is 3. The van der Waals surface area contributed by atoms with Crippen LogP contribution < -0.4 is 15.0 Å². The monoisotopic (exact) mass is 234 g/mol. The molecule has 0 radical (unpaired) electrons. The zero-order valence-electron chi connectivity index (χ0n) is 11.0. The van der Waals surface area contributed by atoms with Gasteiger partial charge in [-0.25, -0.2) is 0 Å². The number of benzene rings is 1. The van der Waals surface area contributed by atoms with Crippen LogP contribution in [-0.2, 0) is 6.42 Å². The van der Waals surface area contributed by atoms with E-state index >= 15 is 0 Å². The van der Waals surface area contributed by atoms with Crippen molar-refractivity contribution in [2.75, 3.05) is 31.6 Å². The molecule has 0 spiro atoms. The first kappa shape index (κ1) is 12.2. The maximum Gasteiger partial charge on any atom is 0.124 e. The Hall–Kier alpha value is -1.22. The Morgan fingerprint density at radius 2 is 2.29 bits per heavy atom. The quantitative estimate of drug-likeness (QED) is 0.866. The Bertz CT molecular complexity index is 378. The molecule has 1 fully saturated rings. The molecule has 1 atom stereocenters. The van der Waals surface area contributed by atoms with Crippen LogP contribution in [0.4, 0.5) is 5.69 Å². The summed E-state index contributed by atoms with van der Waals surface area (Å²) in [7, 11) is 1.75. The molecule has 1 unspecified atom stereocenters. The summed E-state index contributed by atoms with van der Waals surface area (Å²) in [6.45, 7) is 7.57. The summed E-state index contributed by atoms with van der Waals surface area (Å²) in [5.41, 5.74) is 2.55. The lowest BCUT2D eigenvalue weighted by atomic mass is 10.1. The molecule has 1 heterocycles. The van der Waals surface area contributed by atoms with E-state index in [0.717, 1.165) is 31.8 Å². The van der Waals surface area contributed by atoms with E-state index in [1.807, 2.05) is 0 Å². The zero-order chi connectivity index (χ0) is 12.3. The molecule has 1 saturated heterocycles. The van der Waals surface area contributed by atoms with E-state index in [0.29, 0.717) is 6.04 Å². The molecule has 94 valence electrons. The average Bonchev–Trinajstić information content (AvgIpc) is 2.38. The summed E-state index contributed by atoms with van der Waals surface area (Å²) in [5, 5.41) is 3.46. The first-order chi connectivity index (χ1) is 8.24. The normalized spacial score (nSPS) is 20.4. The van der Waals surface area contributed by atoms with Crippen molar-refractivity contribution in [1.29, 1.82) is 0 Å². The van der Waals surface area contributed by atoms with Crippen LogP contribution in [0.25, 0.3) is 0 Å². The van der Waals surface area contributed by atoms with Gasteiger partial charge in [-0.05, 0) is 25.0 Å². The number of piperazine rings is 1. The molecule has 0 saturated carbocycles. The van der Waals surface area contributed by atoms with Gasteiger partial charge in [-0.1, -0.05) is 13.0 Å². The fourth-order valence-corrected chi connectivity index (χ4v) is 2.39. The molecule has 1 aromatic carbocycles. The van der Waals surface area contributed by atoms with Crippen molar-refractivity contribution in [1.82, 2.24) is 5.32 Å². The van der Waals surface area contributed by atoms with E-state index in [9.17, 15) is 0 Å². The summed E-state index contributed by atoms with van der Waals surface area (Å²) in [5.74, 6) is 1.01. The predicted octanol–water partition coefficient (Wildman–Crippen LogP) is 2.06. The number of nitrogens with zero attached hydrogens (tertiary/aromatic N) is 1. The minimum atomic E-state index is 0.556. The van der Waals surface area contributed by atoms with Crippen LogP contribution in [0.1, 0.15) is 19.4 Å². The molecule has 1 aliphatic rings. The predicted molar refractivity (Wildman–Crippen MR) is 72.0 cm³/mol. The van der Waals surface area contributed by atoms with Crippen molar-refractivity contribution in [2.45, 2.75) is 26.3 Å². The maximum absolute atomic E-state index is 5.45. The van der Waals surface area contributed by atoms with Crippen LogP contribution in [0.2, 0.25) is 0 Å². The summed E-state index contributed by atoms with van der Waals surface area (Å²) < 4.78 is 5.45. The van der Waals surface area contributed by atoms with Gasteiger partial charge in [0.1, 0.15) is 5.75 Å². The van der Waals surface area contributed by atoms with E-state index in [4.69, 9.17) is 4.74 Å². The fourth-order valence-electron chi connectivity index (χ4n) is 2.39. The van der Waals surface area contributed by atoms with Crippen molar-refractivity contribution in [3.63, 3.8) is 0 Å². The molecule has 1 aliphatic heterocycles. The van der Waals surface area contributed by atoms with Gasteiger partial charge in [0.15, 0.2) is 0 Å². The Morgan fingerprint density at radius 3 is 2.94 bits per heavy atom. The van der Waals surface area contributed by atoms with Gasteiger partial charge in [-0.2, -0.15) is 0 Å². The molecule has 0 aliphatic carbocycles. The van der Waals surface area contributed by atoms with Crippen LogP contribution in [0.15, 0.2) is 18.2 Å². The van der Waals surface area contributed by atoms with Gasteiger partial charge in [0, 0.05) is 37.4 Å². The molecule has 0 amide bonds. The van der Waals surface area contributed by atoms with E-state index in [1.54, 1.807) is 7.11 Å². The van der Waals surface area contributed by atoms with Crippen molar-refractivity contribution >= 4 is 5.69 Å². The number of anilines is 1. The molecular weight excluding hydrogens is 212 g/mol. The topological polar surface area (TPSA) is 24.5 Å². The highest BCUT2D eigenvalue weighted by atomic mass is 16.5. The van der Waals surface area contributed by atoms with Gasteiger partial charge in [0.25, 0.3) is 0 Å². The fraction of sp³-hybridized carbons (Fsp3) is 0.571. The van der Waals surface area contributed by atoms with E-state index in [1.165, 1.54) is 11.3 Å². The number of hydrogen-bond donors (Lipinski definition) is 1. The van der Waals surface area contributed by atoms with Crippen molar-refractivity contribution in [3.8, 4) is 5.75 Å². The highest BCUT2D eigenvalue weighted by molar-refractivity contribution is 5.54. The van der Waals surface area contributed by atoms with E-state index in [2.05, 4.69) is 42.3 Å².